The standard InChI is InChI=1S/C24H26N2O3/c1-17-22(26-24(29-17)20-7-3-2-4-8-20)12-13-28-21-9-5-6-19(14-21)16-25-23(27)15-18-10-11-18/h2-9,14,18H,10-13,15-16H2,1H3,(H,25,27). The molecule has 0 aliphatic heterocycles. The van der Waals surface area contributed by atoms with E-state index in [0.717, 1.165) is 28.3 Å². The predicted octanol–water partition coefficient (Wildman–Crippen LogP) is 4.69. The number of nitrogens with zero attached hydrogens (tertiary/aromatic N) is 1. The van der Waals surface area contributed by atoms with Gasteiger partial charge in [0.15, 0.2) is 0 Å². The van der Waals surface area contributed by atoms with Gasteiger partial charge in [0, 0.05) is 24.9 Å². The summed E-state index contributed by atoms with van der Waals surface area (Å²) < 4.78 is 11.7. The van der Waals surface area contributed by atoms with E-state index in [4.69, 9.17) is 9.15 Å². The minimum Gasteiger partial charge on any atom is -0.493 e. The molecule has 0 atom stereocenters. The molecule has 2 aromatic carbocycles. The van der Waals surface area contributed by atoms with Crippen molar-refractivity contribution in [1.82, 2.24) is 10.3 Å². The average Bonchev–Trinajstić information content (AvgIpc) is 3.48. The van der Waals surface area contributed by atoms with E-state index in [9.17, 15) is 4.79 Å². The fourth-order valence-corrected chi connectivity index (χ4v) is 3.23. The number of ether oxygens (including phenoxy) is 1. The Labute approximate surface area is 171 Å². The van der Waals surface area contributed by atoms with Crippen molar-refractivity contribution in [2.24, 2.45) is 5.92 Å². The van der Waals surface area contributed by atoms with Gasteiger partial charge in [-0.2, -0.15) is 0 Å². The van der Waals surface area contributed by atoms with Crippen LogP contribution in [-0.2, 0) is 17.8 Å². The lowest BCUT2D eigenvalue weighted by Crippen LogP contribution is -2.22. The van der Waals surface area contributed by atoms with Gasteiger partial charge in [-0.05, 0) is 55.5 Å². The summed E-state index contributed by atoms with van der Waals surface area (Å²) in [6.45, 7) is 2.98. The fourth-order valence-electron chi connectivity index (χ4n) is 3.23. The highest BCUT2D eigenvalue weighted by Crippen LogP contribution is 2.32. The van der Waals surface area contributed by atoms with Gasteiger partial charge in [0.2, 0.25) is 11.8 Å². The summed E-state index contributed by atoms with van der Waals surface area (Å²) in [7, 11) is 0. The highest BCUT2D eigenvalue weighted by atomic mass is 16.5. The van der Waals surface area contributed by atoms with Crippen LogP contribution in [0, 0.1) is 12.8 Å². The van der Waals surface area contributed by atoms with Crippen LogP contribution in [0.5, 0.6) is 5.75 Å². The SMILES string of the molecule is Cc1oc(-c2ccccc2)nc1CCOc1cccc(CNC(=O)CC2CC2)c1. The van der Waals surface area contributed by atoms with E-state index in [1.54, 1.807) is 0 Å². The summed E-state index contributed by atoms with van der Waals surface area (Å²) in [6.07, 6.45) is 3.70. The maximum Gasteiger partial charge on any atom is 0.226 e. The summed E-state index contributed by atoms with van der Waals surface area (Å²) in [5.74, 6) is 2.99. The molecule has 4 rings (SSSR count). The first-order valence-electron chi connectivity index (χ1n) is 10.2. The molecule has 0 bridgehead atoms. The van der Waals surface area contributed by atoms with Crippen LogP contribution in [0.15, 0.2) is 59.0 Å². The molecule has 1 fully saturated rings. The molecule has 29 heavy (non-hydrogen) atoms. The summed E-state index contributed by atoms with van der Waals surface area (Å²) >= 11 is 0. The summed E-state index contributed by atoms with van der Waals surface area (Å²) in [5, 5.41) is 2.99. The lowest BCUT2D eigenvalue weighted by molar-refractivity contribution is -0.121. The molecule has 5 heteroatoms. The zero-order chi connectivity index (χ0) is 20.1. The Kier molecular flexibility index (Phi) is 5.94. The number of aryl methyl sites for hydroxylation is 1. The summed E-state index contributed by atoms with van der Waals surface area (Å²) in [5.41, 5.74) is 2.92. The molecular formula is C24H26N2O3. The molecule has 150 valence electrons. The van der Waals surface area contributed by atoms with Gasteiger partial charge in [0.1, 0.15) is 11.5 Å². The van der Waals surface area contributed by atoms with Crippen LogP contribution >= 0.6 is 0 Å². The Morgan fingerprint density at radius 2 is 2.00 bits per heavy atom. The minimum absolute atomic E-state index is 0.134. The van der Waals surface area contributed by atoms with Crippen molar-refractivity contribution in [2.75, 3.05) is 6.61 Å². The van der Waals surface area contributed by atoms with Gasteiger partial charge in [0.25, 0.3) is 0 Å². The Balaban J connectivity index is 1.28. The van der Waals surface area contributed by atoms with Crippen molar-refractivity contribution in [3.8, 4) is 17.2 Å². The van der Waals surface area contributed by atoms with E-state index in [-0.39, 0.29) is 5.91 Å². The number of carbonyl (C=O) groups is 1. The van der Waals surface area contributed by atoms with Gasteiger partial charge in [-0.15, -0.1) is 0 Å². The normalized spacial score (nSPS) is 13.3. The number of carbonyl (C=O) groups excluding carboxylic acids is 1. The molecule has 0 unspecified atom stereocenters. The molecule has 1 aromatic heterocycles. The first kappa shape index (κ1) is 19.2. The van der Waals surface area contributed by atoms with Crippen LogP contribution in [0.2, 0.25) is 0 Å². The molecule has 5 nitrogen and oxygen atoms in total. The van der Waals surface area contributed by atoms with E-state index in [1.807, 2.05) is 61.5 Å². The van der Waals surface area contributed by atoms with E-state index < -0.39 is 0 Å². The molecule has 1 N–H and O–H groups in total. The molecule has 1 saturated carbocycles. The number of rotatable bonds is 9. The molecule has 1 heterocycles. The maximum atomic E-state index is 11.9. The zero-order valence-electron chi connectivity index (χ0n) is 16.7. The second kappa shape index (κ2) is 8.95. The first-order valence-corrected chi connectivity index (χ1v) is 10.2. The molecule has 3 aromatic rings. The Bertz CT molecular complexity index is 961. The third-order valence-corrected chi connectivity index (χ3v) is 5.08. The van der Waals surface area contributed by atoms with E-state index in [2.05, 4.69) is 10.3 Å². The fraction of sp³-hybridized carbons (Fsp3) is 0.333. The van der Waals surface area contributed by atoms with Gasteiger partial charge in [0.05, 0.1) is 12.3 Å². The van der Waals surface area contributed by atoms with Crippen molar-refractivity contribution in [3.05, 3.63) is 71.6 Å². The lowest BCUT2D eigenvalue weighted by Gasteiger charge is -2.09. The summed E-state index contributed by atoms with van der Waals surface area (Å²) in [6, 6.07) is 17.7. The van der Waals surface area contributed by atoms with Crippen LogP contribution in [0.25, 0.3) is 11.5 Å². The quantitative estimate of drug-likeness (QED) is 0.576. The number of oxazole rings is 1. The monoisotopic (exact) mass is 390 g/mol. The van der Waals surface area contributed by atoms with Gasteiger partial charge in [-0.3, -0.25) is 4.79 Å². The van der Waals surface area contributed by atoms with Gasteiger partial charge >= 0.3 is 0 Å². The van der Waals surface area contributed by atoms with Crippen molar-refractivity contribution < 1.29 is 13.9 Å². The van der Waals surface area contributed by atoms with Crippen LogP contribution in [0.3, 0.4) is 0 Å². The highest BCUT2D eigenvalue weighted by molar-refractivity contribution is 5.76. The van der Waals surface area contributed by atoms with Gasteiger partial charge < -0.3 is 14.5 Å². The van der Waals surface area contributed by atoms with E-state index in [1.165, 1.54) is 12.8 Å². The minimum atomic E-state index is 0.134. The molecule has 0 spiro atoms. The zero-order valence-corrected chi connectivity index (χ0v) is 16.7. The van der Waals surface area contributed by atoms with Crippen LogP contribution in [0.1, 0.15) is 36.3 Å². The summed E-state index contributed by atoms with van der Waals surface area (Å²) in [4.78, 5) is 16.5. The molecule has 0 saturated heterocycles. The number of hydrogen-bond donors (Lipinski definition) is 1. The van der Waals surface area contributed by atoms with Crippen molar-refractivity contribution >= 4 is 5.91 Å². The first-order chi connectivity index (χ1) is 14.2. The molecular weight excluding hydrogens is 364 g/mol. The van der Waals surface area contributed by atoms with Crippen molar-refractivity contribution in [1.29, 1.82) is 0 Å². The van der Waals surface area contributed by atoms with Crippen molar-refractivity contribution in [3.63, 3.8) is 0 Å². The number of amides is 1. The Hall–Kier alpha value is -3.08. The highest BCUT2D eigenvalue weighted by Gasteiger charge is 2.24. The van der Waals surface area contributed by atoms with E-state index >= 15 is 0 Å². The number of aromatic nitrogens is 1. The molecule has 1 amide bonds. The third-order valence-electron chi connectivity index (χ3n) is 5.08. The van der Waals surface area contributed by atoms with Crippen LogP contribution in [0.4, 0.5) is 0 Å². The van der Waals surface area contributed by atoms with Crippen LogP contribution < -0.4 is 10.1 Å². The van der Waals surface area contributed by atoms with Gasteiger partial charge in [-0.1, -0.05) is 30.3 Å². The molecule has 1 aliphatic carbocycles. The average molecular weight is 390 g/mol. The largest absolute Gasteiger partial charge is 0.493 e. The lowest BCUT2D eigenvalue weighted by atomic mass is 10.2. The second-order valence-corrected chi connectivity index (χ2v) is 7.56. The van der Waals surface area contributed by atoms with Crippen molar-refractivity contribution in [2.45, 2.75) is 39.2 Å². The number of nitrogens with one attached hydrogen (secondary N) is 1. The smallest absolute Gasteiger partial charge is 0.226 e. The maximum absolute atomic E-state index is 11.9. The number of hydrogen-bond acceptors (Lipinski definition) is 4. The second-order valence-electron chi connectivity index (χ2n) is 7.56. The van der Waals surface area contributed by atoms with Gasteiger partial charge in [-0.25, -0.2) is 4.98 Å². The predicted molar refractivity (Wildman–Crippen MR) is 112 cm³/mol. The number of benzene rings is 2. The third kappa shape index (κ3) is 5.47. The molecule has 0 radical (unpaired) electrons. The molecule has 1 aliphatic rings. The Morgan fingerprint density at radius 3 is 2.79 bits per heavy atom. The Morgan fingerprint density at radius 1 is 1.17 bits per heavy atom. The topological polar surface area (TPSA) is 64.4 Å². The van der Waals surface area contributed by atoms with E-state index in [0.29, 0.717) is 37.8 Å². The van der Waals surface area contributed by atoms with Crippen LogP contribution in [-0.4, -0.2) is 17.5 Å².